The van der Waals surface area contributed by atoms with E-state index in [0.29, 0.717) is 5.75 Å². The zero-order chi connectivity index (χ0) is 21.2. The number of thiocarbonyl (C=S) groups is 1. The van der Waals surface area contributed by atoms with Crippen molar-refractivity contribution in [3.05, 3.63) is 83.1 Å². The normalized spacial score (nSPS) is 10.4. The van der Waals surface area contributed by atoms with Crippen LogP contribution in [0.4, 0.5) is 0 Å². The lowest BCUT2D eigenvalue weighted by Crippen LogP contribution is -2.49. The molecule has 2 amide bonds. The van der Waals surface area contributed by atoms with Crippen molar-refractivity contribution >= 4 is 46.6 Å². The largest absolute Gasteiger partial charge is 0.483 e. The van der Waals surface area contributed by atoms with Crippen molar-refractivity contribution in [2.24, 2.45) is 0 Å². The Bertz CT molecular complexity index is 1030. The van der Waals surface area contributed by atoms with Gasteiger partial charge in [0.15, 0.2) is 11.7 Å². The molecule has 6 nitrogen and oxygen atoms in total. The molecule has 0 unspecified atom stereocenters. The maximum atomic E-state index is 12.1. The molecule has 0 aliphatic rings. The number of amides is 2. The number of hydrogen-bond acceptors (Lipinski definition) is 5. The van der Waals surface area contributed by atoms with Crippen molar-refractivity contribution < 1.29 is 14.3 Å². The average Bonchev–Trinajstić information content (AvgIpc) is 3.29. The van der Waals surface area contributed by atoms with Crippen LogP contribution in [0.1, 0.15) is 4.88 Å². The van der Waals surface area contributed by atoms with E-state index in [4.69, 9.17) is 17.0 Å². The Hall–Kier alpha value is -3.49. The summed E-state index contributed by atoms with van der Waals surface area (Å²) in [4.78, 5) is 24.8. The molecule has 0 spiro atoms. The number of thiophene rings is 1. The van der Waals surface area contributed by atoms with Gasteiger partial charge in [-0.1, -0.05) is 54.6 Å². The van der Waals surface area contributed by atoms with E-state index in [1.54, 1.807) is 12.1 Å². The van der Waals surface area contributed by atoms with Gasteiger partial charge in [0.25, 0.3) is 5.91 Å². The zero-order valence-electron chi connectivity index (χ0n) is 15.8. The molecule has 0 aliphatic heterocycles. The highest BCUT2D eigenvalue weighted by atomic mass is 32.1. The van der Waals surface area contributed by atoms with Crippen LogP contribution in [0.2, 0.25) is 0 Å². The quantitative estimate of drug-likeness (QED) is 0.312. The Morgan fingerprint density at radius 1 is 0.967 bits per heavy atom. The first-order chi connectivity index (χ1) is 14.6. The second kappa shape index (κ2) is 10.9. The van der Waals surface area contributed by atoms with Gasteiger partial charge in [-0.05, 0) is 41.4 Å². The Morgan fingerprint density at radius 2 is 1.73 bits per heavy atom. The molecule has 0 atom stereocenters. The highest BCUT2D eigenvalue weighted by Crippen LogP contribution is 2.29. The van der Waals surface area contributed by atoms with Crippen LogP contribution < -0.4 is 20.9 Å². The van der Waals surface area contributed by atoms with Gasteiger partial charge in [0, 0.05) is 16.5 Å². The first-order valence-electron chi connectivity index (χ1n) is 9.00. The number of rotatable bonds is 6. The Balaban J connectivity index is 1.44. The smallest absolute Gasteiger partial charge is 0.276 e. The number of carbonyl (C=O) groups excluding carboxylic acids is 2. The van der Waals surface area contributed by atoms with Crippen LogP contribution in [-0.2, 0) is 9.59 Å². The Kier molecular flexibility index (Phi) is 7.71. The van der Waals surface area contributed by atoms with E-state index >= 15 is 0 Å². The molecule has 2 aromatic carbocycles. The van der Waals surface area contributed by atoms with E-state index in [0.717, 1.165) is 16.0 Å². The Labute approximate surface area is 183 Å². The number of hydrazine groups is 1. The summed E-state index contributed by atoms with van der Waals surface area (Å²) < 4.78 is 5.65. The maximum Gasteiger partial charge on any atom is 0.276 e. The molecule has 0 bridgehead atoms. The maximum absolute atomic E-state index is 12.1. The molecule has 3 rings (SSSR count). The molecule has 0 saturated heterocycles. The van der Waals surface area contributed by atoms with Crippen molar-refractivity contribution in [2.45, 2.75) is 0 Å². The van der Waals surface area contributed by atoms with Gasteiger partial charge in [-0.25, -0.2) is 0 Å². The topological polar surface area (TPSA) is 79.5 Å². The molecule has 0 saturated carbocycles. The Morgan fingerprint density at radius 3 is 2.50 bits per heavy atom. The van der Waals surface area contributed by atoms with Crippen LogP contribution in [-0.4, -0.2) is 23.5 Å². The number of para-hydroxylation sites is 1. The van der Waals surface area contributed by atoms with Gasteiger partial charge in [0.1, 0.15) is 5.75 Å². The van der Waals surface area contributed by atoms with Crippen LogP contribution in [0.25, 0.3) is 17.2 Å². The van der Waals surface area contributed by atoms with Gasteiger partial charge in [-0.2, -0.15) is 0 Å². The van der Waals surface area contributed by atoms with Gasteiger partial charge >= 0.3 is 0 Å². The fraction of sp³-hybridized carbons (Fsp3) is 0.0455. The van der Waals surface area contributed by atoms with E-state index in [-0.39, 0.29) is 11.7 Å². The van der Waals surface area contributed by atoms with Crippen LogP contribution in [0.5, 0.6) is 5.75 Å². The number of hydrogen-bond donors (Lipinski definition) is 3. The second-order valence-electron chi connectivity index (χ2n) is 5.99. The third-order valence-corrected chi connectivity index (χ3v) is 4.87. The fourth-order valence-corrected chi connectivity index (χ4v) is 3.25. The molecular weight excluding hydrogens is 418 g/mol. The molecule has 30 heavy (non-hydrogen) atoms. The van der Waals surface area contributed by atoms with Crippen molar-refractivity contribution in [3.8, 4) is 16.9 Å². The lowest BCUT2D eigenvalue weighted by Gasteiger charge is -2.13. The van der Waals surface area contributed by atoms with E-state index in [1.165, 1.54) is 17.4 Å². The van der Waals surface area contributed by atoms with Crippen LogP contribution >= 0.6 is 23.6 Å². The van der Waals surface area contributed by atoms with Crippen LogP contribution in [0, 0.1) is 0 Å². The molecule has 8 heteroatoms. The predicted octanol–water partition coefficient (Wildman–Crippen LogP) is 3.53. The van der Waals surface area contributed by atoms with Gasteiger partial charge in [-0.3, -0.25) is 25.8 Å². The highest BCUT2D eigenvalue weighted by Gasteiger charge is 2.09. The molecular formula is C22H19N3O3S2. The minimum Gasteiger partial charge on any atom is -0.483 e. The van der Waals surface area contributed by atoms with Crippen molar-refractivity contribution in [1.29, 1.82) is 0 Å². The minimum absolute atomic E-state index is 0.0196. The van der Waals surface area contributed by atoms with Crippen molar-refractivity contribution in [1.82, 2.24) is 16.2 Å². The molecule has 3 N–H and O–H groups in total. The van der Waals surface area contributed by atoms with Crippen LogP contribution in [0.3, 0.4) is 0 Å². The molecule has 0 fully saturated rings. The number of ether oxygens (including phenoxy) is 1. The lowest BCUT2D eigenvalue weighted by atomic mass is 10.1. The van der Waals surface area contributed by atoms with Crippen molar-refractivity contribution in [3.63, 3.8) is 0 Å². The van der Waals surface area contributed by atoms with E-state index in [1.807, 2.05) is 66.0 Å². The first kappa shape index (κ1) is 21.2. The van der Waals surface area contributed by atoms with Crippen LogP contribution in [0.15, 0.2) is 78.2 Å². The monoisotopic (exact) mass is 437 g/mol. The highest BCUT2D eigenvalue weighted by molar-refractivity contribution is 7.80. The minimum atomic E-state index is -0.441. The number of carbonyl (C=O) groups is 2. The van der Waals surface area contributed by atoms with E-state index in [9.17, 15) is 9.59 Å². The SMILES string of the molecule is O=C(C=Cc1cccs1)NC(=S)NNC(=O)COc1ccccc1-c1ccccc1. The predicted molar refractivity (Wildman–Crippen MR) is 123 cm³/mol. The molecule has 152 valence electrons. The summed E-state index contributed by atoms with van der Waals surface area (Å²) in [7, 11) is 0. The molecule has 1 aromatic heterocycles. The molecule has 3 aromatic rings. The fourth-order valence-electron chi connectivity index (χ4n) is 2.48. The van der Waals surface area contributed by atoms with E-state index in [2.05, 4.69) is 16.2 Å². The second-order valence-corrected chi connectivity index (χ2v) is 7.38. The summed E-state index contributed by atoms with van der Waals surface area (Å²) in [6, 6.07) is 21.0. The molecule has 0 aliphatic carbocycles. The third-order valence-electron chi connectivity index (χ3n) is 3.82. The molecule has 1 heterocycles. The standard InChI is InChI=1S/C22H19N3O3S2/c26-20(13-12-17-9-6-14-30-17)23-22(29)25-24-21(27)15-28-19-11-5-4-10-18(19)16-7-2-1-3-8-16/h1-14H,15H2,(H,24,27)(H2,23,25,26,29). The lowest BCUT2D eigenvalue weighted by molar-refractivity contribution is -0.123. The summed E-state index contributed by atoms with van der Waals surface area (Å²) in [5.74, 6) is -0.250. The summed E-state index contributed by atoms with van der Waals surface area (Å²) in [5.41, 5.74) is 6.75. The average molecular weight is 438 g/mol. The van der Waals surface area contributed by atoms with Gasteiger partial charge in [0.2, 0.25) is 5.91 Å². The van der Waals surface area contributed by atoms with E-state index < -0.39 is 11.8 Å². The van der Waals surface area contributed by atoms with Gasteiger partial charge in [-0.15, -0.1) is 11.3 Å². The van der Waals surface area contributed by atoms with Crippen molar-refractivity contribution in [2.75, 3.05) is 6.61 Å². The van der Waals surface area contributed by atoms with Gasteiger partial charge in [0.05, 0.1) is 0 Å². The third kappa shape index (κ3) is 6.54. The summed E-state index contributed by atoms with van der Waals surface area (Å²) in [6.07, 6.45) is 3.05. The number of benzene rings is 2. The summed E-state index contributed by atoms with van der Waals surface area (Å²) >= 11 is 6.51. The van der Waals surface area contributed by atoms with Gasteiger partial charge < -0.3 is 4.74 Å². The number of nitrogens with one attached hydrogen (secondary N) is 3. The summed E-state index contributed by atoms with van der Waals surface area (Å²) in [5, 5.41) is 4.34. The molecule has 0 radical (unpaired) electrons. The zero-order valence-corrected chi connectivity index (χ0v) is 17.5. The summed E-state index contributed by atoms with van der Waals surface area (Å²) in [6.45, 7) is -0.217. The first-order valence-corrected chi connectivity index (χ1v) is 10.3.